The van der Waals surface area contributed by atoms with E-state index in [1.807, 2.05) is 6.92 Å². The Morgan fingerprint density at radius 2 is 2.17 bits per heavy atom. The summed E-state index contributed by atoms with van der Waals surface area (Å²) < 4.78 is 9.75. The minimum absolute atomic E-state index is 0.367. The Balaban J connectivity index is 3.76. The predicted molar refractivity (Wildman–Crippen MR) is 46.3 cm³/mol. The molecule has 12 heavy (non-hydrogen) atoms. The van der Waals surface area contributed by atoms with Gasteiger partial charge in [-0.1, -0.05) is 12.7 Å². The Labute approximate surface area is 72.7 Å². The number of rotatable bonds is 4. The molecule has 0 aliphatic carbocycles. The first-order chi connectivity index (χ1) is 5.57. The van der Waals surface area contributed by atoms with Gasteiger partial charge in [-0.2, -0.15) is 0 Å². The zero-order chi connectivity index (χ0) is 9.56. The molecule has 0 rings (SSSR count). The molecule has 0 aromatic carbocycles. The molecule has 0 saturated heterocycles. The normalized spacial score (nSPS) is 12.6. The number of carbonyl (C=O) groups is 1. The van der Waals surface area contributed by atoms with Crippen molar-refractivity contribution >= 4 is 5.97 Å². The fourth-order valence-electron chi connectivity index (χ4n) is 0.468. The standard InChI is InChI=1S/C9H14O3/c1-5-6-11-8(4)12-9(10)7(2)3/h5-6,8H,2H2,1,3-4H3/b6-5-. The summed E-state index contributed by atoms with van der Waals surface area (Å²) in [6.07, 6.45) is 2.62. The highest BCUT2D eigenvalue weighted by atomic mass is 16.7. The van der Waals surface area contributed by atoms with Crippen LogP contribution in [0.25, 0.3) is 0 Å². The Bertz CT molecular complexity index is 194. The number of esters is 1. The van der Waals surface area contributed by atoms with Crippen molar-refractivity contribution in [1.82, 2.24) is 0 Å². The van der Waals surface area contributed by atoms with E-state index in [1.165, 1.54) is 6.26 Å². The Kier molecular flexibility index (Phi) is 4.84. The Hall–Kier alpha value is -1.25. The zero-order valence-electron chi connectivity index (χ0n) is 7.66. The van der Waals surface area contributed by atoms with Crippen LogP contribution in [0.4, 0.5) is 0 Å². The van der Waals surface area contributed by atoms with Crippen molar-refractivity contribution in [2.24, 2.45) is 0 Å². The van der Waals surface area contributed by atoms with Crippen molar-refractivity contribution in [3.8, 4) is 0 Å². The third kappa shape index (κ3) is 4.55. The molecule has 0 aliphatic heterocycles. The quantitative estimate of drug-likeness (QED) is 0.280. The second-order valence-electron chi connectivity index (χ2n) is 2.36. The van der Waals surface area contributed by atoms with Crippen LogP contribution in [0.3, 0.4) is 0 Å². The maximum atomic E-state index is 10.9. The lowest BCUT2D eigenvalue weighted by atomic mass is 10.4. The van der Waals surface area contributed by atoms with Gasteiger partial charge in [-0.15, -0.1) is 0 Å². The molecule has 0 amide bonds. The van der Waals surface area contributed by atoms with Crippen molar-refractivity contribution in [2.75, 3.05) is 0 Å². The monoisotopic (exact) mass is 170 g/mol. The van der Waals surface area contributed by atoms with E-state index < -0.39 is 12.3 Å². The molecule has 0 heterocycles. The summed E-state index contributed by atoms with van der Waals surface area (Å²) >= 11 is 0. The number of allylic oxidation sites excluding steroid dienone is 1. The van der Waals surface area contributed by atoms with E-state index in [2.05, 4.69) is 6.58 Å². The van der Waals surface area contributed by atoms with Gasteiger partial charge < -0.3 is 9.47 Å². The summed E-state index contributed by atoms with van der Waals surface area (Å²) in [6.45, 7) is 8.48. The lowest BCUT2D eigenvalue weighted by molar-refractivity contribution is -0.160. The van der Waals surface area contributed by atoms with Gasteiger partial charge in [0, 0.05) is 12.5 Å². The molecule has 0 spiro atoms. The lowest BCUT2D eigenvalue weighted by Gasteiger charge is -2.11. The fourth-order valence-corrected chi connectivity index (χ4v) is 0.468. The van der Waals surface area contributed by atoms with Gasteiger partial charge in [-0.3, -0.25) is 0 Å². The molecule has 1 atom stereocenters. The molecule has 0 saturated carbocycles. The van der Waals surface area contributed by atoms with Crippen LogP contribution < -0.4 is 0 Å². The highest BCUT2D eigenvalue weighted by molar-refractivity contribution is 5.86. The topological polar surface area (TPSA) is 35.5 Å². The van der Waals surface area contributed by atoms with Crippen molar-refractivity contribution in [1.29, 1.82) is 0 Å². The minimum Gasteiger partial charge on any atom is -0.463 e. The van der Waals surface area contributed by atoms with Gasteiger partial charge in [0.05, 0.1) is 6.26 Å². The first-order valence-electron chi connectivity index (χ1n) is 3.71. The van der Waals surface area contributed by atoms with E-state index in [0.29, 0.717) is 5.57 Å². The van der Waals surface area contributed by atoms with E-state index in [4.69, 9.17) is 9.47 Å². The van der Waals surface area contributed by atoms with Gasteiger partial charge in [0.1, 0.15) is 0 Å². The molecule has 0 aliphatic rings. The SMILES string of the molecule is C=C(C)C(=O)OC(C)O/C=C\C. The number of ether oxygens (including phenoxy) is 2. The van der Waals surface area contributed by atoms with Crippen LogP contribution in [-0.2, 0) is 14.3 Å². The van der Waals surface area contributed by atoms with Crippen LogP contribution >= 0.6 is 0 Å². The maximum absolute atomic E-state index is 10.9. The van der Waals surface area contributed by atoms with E-state index in [0.717, 1.165) is 0 Å². The average molecular weight is 170 g/mol. The zero-order valence-corrected chi connectivity index (χ0v) is 7.66. The van der Waals surface area contributed by atoms with E-state index in [1.54, 1.807) is 19.9 Å². The van der Waals surface area contributed by atoms with Crippen LogP contribution in [0.1, 0.15) is 20.8 Å². The highest BCUT2D eigenvalue weighted by Gasteiger charge is 2.08. The van der Waals surface area contributed by atoms with E-state index in [-0.39, 0.29) is 0 Å². The molecular formula is C9H14O3. The van der Waals surface area contributed by atoms with Gasteiger partial charge >= 0.3 is 5.97 Å². The molecule has 0 radical (unpaired) electrons. The molecule has 0 fully saturated rings. The van der Waals surface area contributed by atoms with Gasteiger partial charge in [0.15, 0.2) is 0 Å². The van der Waals surface area contributed by atoms with Crippen molar-refractivity contribution in [3.05, 3.63) is 24.5 Å². The van der Waals surface area contributed by atoms with Gasteiger partial charge in [0.2, 0.25) is 6.29 Å². The highest BCUT2D eigenvalue weighted by Crippen LogP contribution is 1.99. The first kappa shape index (κ1) is 10.8. The average Bonchev–Trinajstić information content (AvgIpc) is 2.00. The number of hydrogen-bond acceptors (Lipinski definition) is 3. The summed E-state index contributed by atoms with van der Waals surface area (Å²) in [5.74, 6) is -0.438. The number of hydrogen-bond donors (Lipinski definition) is 0. The molecule has 3 nitrogen and oxygen atoms in total. The Morgan fingerprint density at radius 1 is 1.58 bits per heavy atom. The van der Waals surface area contributed by atoms with Crippen LogP contribution in [0, 0.1) is 0 Å². The van der Waals surface area contributed by atoms with Crippen LogP contribution in [0.5, 0.6) is 0 Å². The van der Waals surface area contributed by atoms with Crippen LogP contribution in [0.15, 0.2) is 24.5 Å². The van der Waals surface area contributed by atoms with Crippen molar-refractivity contribution in [3.63, 3.8) is 0 Å². The van der Waals surface area contributed by atoms with E-state index >= 15 is 0 Å². The molecule has 0 N–H and O–H groups in total. The smallest absolute Gasteiger partial charge is 0.336 e. The predicted octanol–water partition coefficient (Wildman–Crippen LogP) is 2.00. The molecule has 3 heteroatoms. The molecule has 0 aromatic heterocycles. The fraction of sp³-hybridized carbons (Fsp3) is 0.444. The van der Waals surface area contributed by atoms with Gasteiger partial charge in [-0.25, -0.2) is 4.79 Å². The minimum atomic E-state index is -0.564. The Morgan fingerprint density at radius 3 is 2.58 bits per heavy atom. The van der Waals surface area contributed by atoms with Crippen LogP contribution in [0.2, 0.25) is 0 Å². The maximum Gasteiger partial charge on any atom is 0.336 e. The second-order valence-corrected chi connectivity index (χ2v) is 2.36. The van der Waals surface area contributed by atoms with Crippen molar-refractivity contribution < 1.29 is 14.3 Å². The summed E-state index contributed by atoms with van der Waals surface area (Å²) in [4.78, 5) is 10.9. The van der Waals surface area contributed by atoms with E-state index in [9.17, 15) is 4.79 Å². The van der Waals surface area contributed by atoms with Crippen molar-refractivity contribution in [2.45, 2.75) is 27.1 Å². The lowest BCUT2D eigenvalue weighted by Crippen LogP contribution is -2.16. The largest absolute Gasteiger partial charge is 0.463 e. The molecule has 1 unspecified atom stereocenters. The molecule has 0 aromatic rings. The van der Waals surface area contributed by atoms with Gasteiger partial charge in [0.25, 0.3) is 0 Å². The molecular weight excluding hydrogens is 156 g/mol. The third-order valence-electron chi connectivity index (χ3n) is 1.03. The second kappa shape index (κ2) is 5.41. The summed E-state index contributed by atoms with van der Waals surface area (Å²) in [5.41, 5.74) is 0.367. The summed E-state index contributed by atoms with van der Waals surface area (Å²) in [5, 5.41) is 0. The number of carbonyl (C=O) groups excluding carboxylic acids is 1. The third-order valence-corrected chi connectivity index (χ3v) is 1.03. The van der Waals surface area contributed by atoms with Crippen LogP contribution in [-0.4, -0.2) is 12.3 Å². The first-order valence-corrected chi connectivity index (χ1v) is 3.71. The molecule has 68 valence electrons. The summed E-state index contributed by atoms with van der Waals surface area (Å²) in [6, 6.07) is 0. The molecule has 0 bridgehead atoms. The van der Waals surface area contributed by atoms with Gasteiger partial charge in [-0.05, 0) is 13.8 Å². The summed E-state index contributed by atoms with van der Waals surface area (Å²) in [7, 11) is 0.